The summed E-state index contributed by atoms with van der Waals surface area (Å²) in [7, 11) is -3.36. The zero-order chi connectivity index (χ0) is 45.4. The van der Waals surface area contributed by atoms with Gasteiger partial charge in [0.05, 0.1) is 28.8 Å². The van der Waals surface area contributed by atoms with Crippen molar-refractivity contribution in [2.75, 3.05) is 23.5 Å². The molecule has 0 bridgehead atoms. The molecule has 21 heteroatoms. The first-order valence-corrected chi connectivity index (χ1v) is 21.7. The van der Waals surface area contributed by atoms with Crippen LogP contribution >= 0.6 is 0 Å². The number of fused-ring (bicyclic) bond motifs is 1. The average Bonchev–Trinajstić information content (AvgIpc) is 3.91. The van der Waals surface area contributed by atoms with Crippen LogP contribution in [-0.4, -0.2) is 86.4 Å². The summed E-state index contributed by atoms with van der Waals surface area (Å²) in [4.78, 5) is 55.9. The number of sulfonamides is 1. The molecule has 8 rings (SSSR count). The minimum atomic E-state index is -5.08. The van der Waals surface area contributed by atoms with E-state index in [1.54, 1.807) is 48.1 Å². The van der Waals surface area contributed by atoms with Crippen LogP contribution in [0, 0.1) is 5.82 Å². The zero-order valence-corrected chi connectivity index (χ0v) is 35.1. The van der Waals surface area contributed by atoms with Crippen molar-refractivity contribution in [3.63, 3.8) is 0 Å². The van der Waals surface area contributed by atoms with E-state index in [0.717, 1.165) is 0 Å². The van der Waals surface area contributed by atoms with E-state index in [-0.39, 0.29) is 53.5 Å². The maximum atomic E-state index is 13.6. The minimum absolute atomic E-state index is 0.0350. The molecule has 5 heterocycles. The first-order valence-electron chi connectivity index (χ1n) is 20.1. The number of anilines is 2. The summed E-state index contributed by atoms with van der Waals surface area (Å²) in [5.41, 5.74) is 10.2. The van der Waals surface area contributed by atoms with Crippen molar-refractivity contribution in [2.24, 2.45) is 7.05 Å². The predicted molar refractivity (Wildman–Crippen MR) is 228 cm³/mol. The number of hydrogen-bond donors (Lipinski definition) is 4. The molecular formula is C43H41F3N10O7S. The number of pyridine rings is 1. The Morgan fingerprint density at radius 2 is 1.66 bits per heavy atom. The van der Waals surface area contributed by atoms with E-state index >= 15 is 0 Å². The van der Waals surface area contributed by atoms with Crippen LogP contribution in [0.1, 0.15) is 71.0 Å². The van der Waals surface area contributed by atoms with Crippen LogP contribution in [0.3, 0.4) is 0 Å². The molecule has 332 valence electrons. The molecule has 6 aromatic rings. The zero-order valence-electron chi connectivity index (χ0n) is 34.3. The van der Waals surface area contributed by atoms with E-state index in [1.807, 2.05) is 15.6 Å². The summed E-state index contributed by atoms with van der Waals surface area (Å²) in [5, 5.41) is 14.7. The van der Waals surface area contributed by atoms with Gasteiger partial charge in [-0.15, -0.1) is 0 Å². The molecule has 64 heavy (non-hydrogen) atoms. The quantitative estimate of drug-likeness (QED) is 0.115. The lowest BCUT2D eigenvalue weighted by Crippen LogP contribution is -2.52. The van der Waals surface area contributed by atoms with Crippen molar-refractivity contribution >= 4 is 56.1 Å². The molecule has 0 radical (unpaired) electrons. The van der Waals surface area contributed by atoms with Gasteiger partial charge in [-0.2, -0.15) is 19.0 Å². The molecule has 0 saturated carbocycles. The second-order valence-electron chi connectivity index (χ2n) is 15.5. The highest BCUT2D eigenvalue weighted by Gasteiger charge is 2.30. The molecular weight excluding hydrogens is 858 g/mol. The Balaban J connectivity index is 0.982. The van der Waals surface area contributed by atoms with E-state index in [1.165, 1.54) is 54.6 Å². The number of amides is 4. The van der Waals surface area contributed by atoms with Gasteiger partial charge in [-0.25, -0.2) is 17.8 Å². The third-order valence-corrected chi connectivity index (χ3v) is 12.2. The van der Waals surface area contributed by atoms with Crippen molar-refractivity contribution in [1.29, 1.82) is 0 Å². The highest BCUT2D eigenvalue weighted by Crippen LogP contribution is 2.41. The lowest BCUT2D eigenvalue weighted by atomic mass is 10.0. The van der Waals surface area contributed by atoms with Gasteiger partial charge in [-0.1, -0.05) is 18.2 Å². The number of carbonyl (C=O) groups excluding carboxylic acids is 4. The van der Waals surface area contributed by atoms with Crippen LogP contribution in [0.5, 0.6) is 5.75 Å². The molecule has 2 aliphatic heterocycles. The molecule has 3 aromatic carbocycles. The van der Waals surface area contributed by atoms with Gasteiger partial charge in [-0.3, -0.25) is 38.6 Å². The van der Waals surface area contributed by atoms with Gasteiger partial charge in [0.1, 0.15) is 35.2 Å². The number of imide groups is 1. The largest absolute Gasteiger partial charge is 0.484 e. The number of carbonyl (C=O) groups is 4. The van der Waals surface area contributed by atoms with Crippen LogP contribution in [0.2, 0.25) is 0 Å². The van der Waals surface area contributed by atoms with Gasteiger partial charge in [0.2, 0.25) is 11.8 Å². The number of aromatic nitrogens is 5. The summed E-state index contributed by atoms with van der Waals surface area (Å²) in [5.74, 6) is -5.76. The molecule has 2 aliphatic rings. The van der Waals surface area contributed by atoms with E-state index in [0.29, 0.717) is 70.3 Å². The summed E-state index contributed by atoms with van der Waals surface area (Å²) >= 11 is 0. The van der Waals surface area contributed by atoms with Crippen molar-refractivity contribution in [1.82, 2.24) is 40.1 Å². The number of rotatable bonds is 12. The van der Waals surface area contributed by atoms with Crippen molar-refractivity contribution in [3.05, 3.63) is 108 Å². The number of halogens is 3. The molecule has 2 fully saturated rings. The Labute approximate surface area is 363 Å². The van der Waals surface area contributed by atoms with Gasteiger partial charge in [0, 0.05) is 66.8 Å². The van der Waals surface area contributed by atoms with E-state index < -0.39 is 45.6 Å². The molecule has 2 unspecified atom stereocenters. The second-order valence-corrected chi connectivity index (χ2v) is 17.1. The fourth-order valence-electron chi connectivity index (χ4n) is 7.82. The summed E-state index contributed by atoms with van der Waals surface area (Å²) in [6.07, 6.45) is 5.98. The maximum Gasteiger partial charge on any atom is 0.355 e. The lowest BCUT2D eigenvalue weighted by Gasteiger charge is -2.32. The number of nitrogen functional groups attached to an aromatic ring is 1. The highest BCUT2D eigenvalue weighted by atomic mass is 32.2. The third-order valence-electron chi connectivity index (χ3n) is 11.3. The van der Waals surface area contributed by atoms with Crippen LogP contribution in [0.4, 0.5) is 24.7 Å². The number of benzene rings is 3. The normalized spacial score (nSPS) is 16.5. The molecule has 4 amide bonds. The Bertz CT molecular complexity index is 2900. The SMILES string of the molecule is CC(Oc1cc(-c2nn(C)c3c(-c4cnn(C5CCN(C(=O)c6ccc(C(=O)NC7CCC(=O)NC7=O)cc6)CC5)c4)cnc(N)c23)ccc1NS(=O)(=O)C(F)F)c1ccc(F)cc1. The van der Waals surface area contributed by atoms with E-state index in [4.69, 9.17) is 15.6 Å². The summed E-state index contributed by atoms with van der Waals surface area (Å²) in [6, 6.07) is 15.0. The second kappa shape index (κ2) is 17.5. The fraction of sp³-hybridized carbons (Fsp3) is 0.279. The third kappa shape index (κ3) is 8.83. The standard InChI is InChI=1S/C43H41F3N10O7S/c1-23(24-7-10-29(44)11-8-24)63-34-19-27(9-12-32(34)53-64(61,62)43(45)46)37-36-38(54(2)52-37)31(21-48-39(36)47)28-20-49-56(22-28)30-15-17-55(18-16-30)42(60)26-5-3-25(4-6-26)40(58)50-33-13-14-35(57)51-41(33)59/h3-12,19-23,30,33,43,53H,13-18H2,1-2H3,(H2,47,48)(H,50,58)(H,51,57,59). The van der Waals surface area contributed by atoms with Gasteiger partial charge >= 0.3 is 5.76 Å². The van der Waals surface area contributed by atoms with Crippen LogP contribution < -0.4 is 25.8 Å². The van der Waals surface area contributed by atoms with Crippen LogP contribution in [0.15, 0.2) is 85.3 Å². The maximum absolute atomic E-state index is 13.6. The Morgan fingerprint density at radius 1 is 0.953 bits per heavy atom. The topological polar surface area (TPSA) is 226 Å². The van der Waals surface area contributed by atoms with Gasteiger partial charge in [-0.05, 0) is 80.3 Å². The number of piperidine rings is 2. The Kier molecular flexibility index (Phi) is 11.8. The molecule has 17 nitrogen and oxygen atoms in total. The lowest BCUT2D eigenvalue weighted by molar-refractivity contribution is -0.134. The number of ether oxygens (including phenoxy) is 1. The molecule has 0 spiro atoms. The number of nitrogens with two attached hydrogens (primary N) is 1. The highest BCUT2D eigenvalue weighted by molar-refractivity contribution is 7.93. The van der Waals surface area contributed by atoms with Crippen LogP contribution in [0.25, 0.3) is 33.3 Å². The molecule has 3 aromatic heterocycles. The van der Waals surface area contributed by atoms with Crippen molar-refractivity contribution in [2.45, 2.75) is 56.6 Å². The number of aryl methyl sites for hydroxylation is 1. The van der Waals surface area contributed by atoms with Gasteiger partial charge in [0.15, 0.2) is 0 Å². The number of nitrogens with one attached hydrogen (secondary N) is 3. The molecule has 2 saturated heterocycles. The van der Waals surface area contributed by atoms with Gasteiger partial charge < -0.3 is 20.7 Å². The minimum Gasteiger partial charge on any atom is -0.484 e. The number of hydrogen-bond acceptors (Lipinski definition) is 11. The average molecular weight is 899 g/mol. The van der Waals surface area contributed by atoms with E-state index in [9.17, 15) is 40.8 Å². The first kappa shape index (κ1) is 43.4. The van der Waals surface area contributed by atoms with E-state index in [2.05, 4.69) is 20.7 Å². The van der Waals surface area contributed by atoms with Crippen molar-refractivity contribution in [3.8, 4) is 28.1 Å². The molecule has 5 N–H and O–H groups in total. The fourth-order valence-corrected chi connectivity index (χ4v) is 8.38. The summed E-state index contributed by atoms with van der Waals surface area (Å²) in [6.45, 7) is 2.54. The first-order chi connectivity index (χ1) is 30.6. The predicted octanol–water partition coefficient (Wildman–Crippen LogP) is 5.34. The van der Waals surface area contributed by atoms with Crippen molar-refractivity contribution < 1.29 is 45.5 Å². The van der Waals surface area contributed by atoms with Crippen LogP contribution in [-0.2, 0) is 26.7 Å². The Hall–Kier alpha value is -7.29. The monoisotopic (exact) mass is 898 g/mol. The summed E-state index contributed by atoms with van der Waals surface area (Å²) < 4.78 is 76.4. The molecule has 0 aliphatic carbocycles. The molecule has 2 atom stereocenters. The number of nitrogens with zero attached hydrogens (tertiary/aromatic N) is 6. The van der Waals surface area contributed by atoms with Gasteiger partial charge in [0.25, 0.3) is 21.8 Å². The Morgan fingerprint density at radius 3 is 2.34 bits per heavy atom. The number of likely N-dealkylation sites (tertiary alicyclic amines) is 1. The smallest absolute Gasteiger partial charge is 0.355 e. The number of alkyl halides is 2.